The zero-order valence-corrected chi connectivity index (χ0v) is 20.2. The van der Waals surface area contributed by atoms with E-state index in [1.165, 1.54) is 36.7 Å². The average Bonchev–Trinajstić information content (AvgIpc) is 3.59. The number of ether oxygens (including phenoxy) is 1. The number of Topliss-reactive ketones (excluding diaryl/α,β-unsaturated/α-hetero) is 1. The van der Waals surface area contributed by atoms with E-state index in [1.807, 2.05) is 18.2 Å². The monoisotopic (exact) mass is 511 g/mol. The van der Waals surface area contributed by atoms with Crippen LogP contribution in [0.15, 0.2) is 59.6 Å². The van der Waals surface area contributed by atoms with Crippen molar-refractivity contribution in [1.82, 2.24) is 19.8 Å². The van der Waals surface area contributed by atoms with Crippen molar-refractivity contribution in [2.24, 2.45) is 4.99 Å². The molecule has 3 aromatic rings. The second-order valence-corrected chi connectivity index (χ2v) is 8.29. The number of fused-ring (bicyclic) bond motifs is 1. The van der Waals surface area contributed by atoms with Gasteiger partial charge in [0.25, 0.3) is 17.6 Å². The fourth-order valence-corrected chi connectivity index (χ4v) is 4.09. The van der Waals surface area contributed by atoms with Crippen molar-refractivity contribution < 1.29 is 23.5 Å². The summed E-state index contributed by atoms with van der Waals surface area (Å²) in [5, 5.41) is 0.610. The van der Waals surface area contributed by atoms with Gasteiger partial charge >= 0.3 is 0 Å². The number of methoxy groups -OCH3 is 1. The van der Waals surface area contributed by atoms with E-state index >= 15 is 0 Å². The van der Waals surface area contributed by atoms with Crippen LogP contribution in [0.25, 0.3) is 10.9 Å². The first-order valence-electron chi connectivity index (χ1n) is 11.1. The molecule has 186 valence electrons. The Labute approximate surface area is 211 Å². The summed E-state index contributed by atoms with van der Waals surface area (Å²) in [6.07, 6.45) is 5.50. The van der Waals surface area contributed by atoms with Gasteiger partial charge in [0.05, 0.1) is 42.5 Å². The highest BCUT2D eigenvalue weighted by molar-refractivity contribution is 6.45. The zero-order valence-electron chi connectivity index (χ0n) is 19.4. The van der Waals surface area contributed by atoms with Gasteiger partial charge in [0.15, 0.2) is 5.15 Å². The predicted molar refractivity (Wildman–Crippen MR) is 133 cm³/mol. The third-order valence-corrected chi connectivity index (χ3v) is 6.05. The number of allylic oxidation sites excluding steroid dienone is 1. The molecule has 0 spiro atoms. The Bertz CT molecular complexity index is 1340. The number of carbonyl (C=O) groups excluding carboxylic acids is 3. The molecule has 2 aromatic heterocycles. The van der Waals surface area contributed by atoms with E-state index in [-0.39, 0.29) is 35.5 Å². The van der Waals surface area contributed by atoms with E-state index < -0.39 is 11.7 Å². The van der Waals surface area contributed by atoms with Gasteiger partial charge in [-0.15, -0.1) is 0 Å². The normalized spacial score (nSPS) is 14.8. The maximum absolute atomic E-state index is 12.9. The maximum Gasteiger partial charge on any atom is 0.295 e. The van der Waals surface area contributed by atoms with Crippen molar-refractivity contribution in [1.29, 1.82) is 0 Å². The van der Waals surface area contributed by atoms with Gasteiger partial charge in [-0.2, -0.15) is 0 Å². The van der Waals surface area contributed by atoms with Crippen LogP contribution in [-0.2, 0) is 4.79 Å². The topological polar surface area (TPSA) is 108 Å². The minimum Gasteiger partial charge on any atom is -0.494 e. The molecule has 0 saturated carbocycles. The number of pyridine rings is 1. The summed E-state index contributed by atoms with van der Waals surface area (Å²) in [5.74, 6) is -1.24. The van der Waals surface area contributed by atoms with Crippen molar-refractivity contribution in [2.45, 2.75) is 0 Å². The summed E-state index contributed by atoms with van der Waals surface area (Å²) in [5.41, 5.74) is 1.22. The number of halogens is 2. The minimum absolute atomic E-state index is 0.0856. The number of carbonyl (C=O) groups is 3. The van der Waals surface area contributed by atoms with Crippen LogP contribution in [-0.4, -0.2) is 83.4 Å². The standard InChI is InChI=1S/C21H19ClN4O4.C4H4FN/c1-30-15-12-24-19(22)17-16(15)14(11-23-17)18(27)21(29)26-9-7-25(8-10-26)20(28)13-5-3-2-4-6-13;5-4-1-2-6-3-4/h2-6,11-12,23H,7-10H2,1H3;1,3H,2H2. The number of aromatic amines is 1. The molecule has 36 heavy (non-hydrogen) atoms. The lowest BCUT2D eigenvalue weighted by Gasteiger charge is -2.34. The number of H-pyrrole nitrogens is 1. The second kappa shape index (κ2) is 11.1. The van der Waals surface area contributed by atoms with Gasteiger partial charge in [0, 0.05) is 37.9 Å². The number of hydrogen-bond donors (Lipinski definition) is 1. The van der Waals surface area contributed by atoms with Gasteiger partial charge < -0.3 is 19.5 Å². The summed E-state index contributed by atoms with van der Waals surface area (Å²) in [4.78, 5) is 51.9. The van der Waals surface area contributed by atoms with Crippen LogP contribution in [0.5, 0.6) is 5.75 Å². The van der Waals surface area contributed by atoms with Crippen LogP contribution >= 0.6 is 11.6 Å². The number of nitrogens with zero attached hydrogens (tertiary/aromatic N) is 4. The first-order chi connectivity index (χ1) is 17.4. The fraction of sp³-hybridized carbons (Fsp3) is 0.240. The molecule has 2 aliphatic rings. The zero-order chi connectivity index (χ0) is 25.7. The molecule has 2 aliphatic heterocycles. The molecule has 0 aliphatic carbocycles. The molecule has 0 atom stereocenters. The Balaban J connectivity index is 0.000000445. The van der Waals surface area contributed by atoms with Crippen molar-refractivity contribution in [3.8, 4) is 5.75 Å². The first kappa shape index (κ1) is 25.1. The van der Waals surface area contributed by atoms with Gasteiger partial charge in [-0.1, -0.05) is 29.8 Å². The third-order valence-electron chi connectivity index (χ3n) is 5.77. The number of benzene rings is 1. The van der Waals surface area contributed by atoms with Crippen molar-refractivity contribution in [3.05, 3.63) is 70.9 Å². The second-order valence-electron chi connectivity index (χ2n) is 7.93. The summed E-state index contributed by atoms with van der Waals surface area (Å²) in [6, 6.07) is 8.98. The van der Waals surface area contributed by atoms with Crippen LogP contribution in [0.1, 0.15) is 20.7 Å². The molecule has 1 saturated heterocycles. The van der Waals surface area contributed by atoms with Crippen molar-refractivity contribution >= 4 is 46.3 Å². The number of ketones is 1. The van der Waals surface area contributed by atoms with E-state index in [9.17, 15) is 18.8 Å². The van der Waals surface area contributed by atoms with Crippen LogP contribution in [0.4, 0.5) is 4.39 Å². The largest absolute Gasteiger partial charge is 0.494 e. The lowest BCUT2D eigenvalue weighted by Crippen LogP contribution is -2.52. The number of piperazine rings is 1. The Kier molecular flexibility index (Phi) is 7.74. The highest BCUT2D eigenvalue weighted by Crippen LogP contribution is 2.32. The first-order valence-corrected chi connectivity index (χ1v) is 11.5. The number of rotatable bonds is 4. The highest BCUT2D eigenvalue weighted by Gasteiger charge is 2.31. The highest BCUT2D eigenvalue weighted by atomic mass is 35.5. The molecule has 0 radical (unpaired) electrons. The van der Waals surface area contributed by atoms with E-state index in [0.29, 0.717) is 41.9 Å². The number of aliphatic imine (C=N–C) groups is 1. The molecule has 9 nitrogen and oxygen atoms in total. The average molecular weight is 512 g/mol. The number of amides is 2. The van der Waals surface area contributed by atoms with E-state index in [4.69, 9.17) is 16.3 Å². The van der Waals surface area contributed by atoms with Crippen molar-refractivity contribution in [3.63, 3.8) is 0 Å². The molecule has 1 aromatic carbocycles. The van der Waals surface area contributed by atoms with E-state index in [2.05, 4.69) is 15.0 Å². The van der Waals surface area contributed by atoms with Crippen LogP contribution < -0.4 is 4.74 Å². The van der Waals surface area contributed by atoms with Crippen LogP contribution in [0.2, 0.25) is 5.15 Å². The molecular weight excluding hydrogens is 489 g/mol. The van der Waals surface area contributed by atoms with Gasteiger partial charge in [-0.05, 0) is 18.2 Å². The van der Waals surface area contributed by atoms with E-state index in [0.717, 1.165) is 0 Å². The van der Waals surface area contributed by atoms with Crippen LogP contribution in [0.3, 0.4) is 0 Å². The predicted octanol–water partition coefficient (Wildman–Crippen LogP) is 3.32. The summed E-state index contributed by atoms with van der Waals surface area (Å²) in [7, 11) is 1.45. The van der Waals surface area contributed by atoms with Gasteiger partial charge in [0.2, 0.25) is 0 Å². The fourth-order valence-electron chi connectivity index (χ4n) is 3.89. The minimum atomic E-state index is -0.662. The Hall–Kier alpha value is -4.05. The summed E-state index contributed by atoms with van der Waals surface area (Å²) >= 11 is 6.09. The lowest BCUT2D eigenvalue weighted by atomic mass is 10.1. The molecule has 1 N–H and O–H groups in total. The number of nitrogens with one attached hydrogen (secondary N) is 1. The molecule has 5 rings (SSSR count). The Morgan fingerprint density at radius 2 is 1.78 bits per heavy atom. The Morgan fingerprint density at radius 3 is 2.36 bits per heavy atom. The Morgan fingerprint density at radius 1 is 1.08 bits per heavy atom. The quantitative estimate of drug-likeness (QED) is 0.328. The maximum atomic E-state index is 12.9. The smallest absolute Gasteiger partial charge is 0.295 e. The third kappa shape index (κ3) is 5.28. The van der Waals surface area contributed by atoms with Crippen LogP contribution in [0, 0.1) is 0 Å². The molecule has 4 heterocycles. The number of hydrogen-bond acceptors (Lipinski definition) is 6. The summed E-state index contributed by atoms with van der Waals surface area (Å²) < 4.78 is 16.9. The van der Waals surface area contributed by atoms with Gasteiger partial charge in [0.1, 0.15) is 11.6 Å². The van der Waals surface area contributed by atoms with Gasteiger partial charge in [-0.3, -0.25) is 19.4 Å². The number of aromatic nitrogens is 2. The molecule has 0 unspecified atom stereocenters. The molecule has 0 bridgehead atoms. The van der Waals surface area contributed by atoms with E-state index in [1.54, 1.807) is 17.0 Å². The van der Waals surface area contributed by atoms with Crippen molar-refractivity contribution in [2.75, 3.05) is 39.8 Å². The SMILES string of the molecule is COc1cnc(Cl)c2[nH]cc(C(=O)C(=O)N3CCN(C(=O)c4ccccc4)CC3)c12.FC1=CCN=C1. The molecular formula is C25H23ClFN5O4. The molecule has 11 heteroatoms. The summed E-state index contributed by atoms with van der Waals surface area (Å²) in [6.45, 7) is 1.81. The van der Waals surface area contributed by atoms with Gasteiger partial charge in [-0.25, -0.2) is 9.37 Å². The molecule has 2 amide bonds. The lowest BCUT2D eigenvalue weighted by molar-refractivity contribution is -0.127. The molecule has 1 fully saturated rings.